The molecule has 2 N–H and O–H groups in total. The van der Waals surface area contributed by atoms with Crippen LogP contribution in [0.1, 0.15) is 68.6 Å². The summed E-state index contributed by atoms with van der Waals surface area (Å²) < 4.78 is 35.8. The second-order valence-corrected chi connectivity index (χ2v) is 16.2. The molecule has 0 radical (unpaired) electrons. The SMILES string of the molecule is COC(=O)N[C@H]1CCC[C@@H]1[C@](CN1CCC(C)(O)CC1)(c1cccc(F)c1)C1CCN(CC2CN(c3ccc(C#N)c(CN(C)C)c3F)C2)CC1. The van der Waals surface area contributed by atoms with Crippen LogP contribution < -0.4 is 10.2 Å². The Balaban J connectivity index is 1.19. The topological polar surface area (TPSA) is 95.3 Å². The molecule has 1 aliphatic carbocycles. The van der Waals surface area contributed by atoms with Gasteiger partial charge in [0.25, 0.3) is 0 Å². The predicted molar refractivity (Wildman–Crippen MR) is 194 cm³/mol. The normalized spacial score (nSPS) is 24.6. The molecule has 0 bridgehead atoms. The standard InChI is InChI=1S/C40H56F2N6O3/c1-39(50)15-19-47(20-16-39)27-40(31-7-5-8-32(41)21-31,34-9-6-10-35(34)44-38(49)51-4)30-13-17-46(18-14-30)23-28-24-48(25-28)36-12-11-29(22-43)33(37(36)42)26-45(2)3/h5,7-8,11-12,21,28,30,34-35,50H,6,9-10,13-20,23-27H2,1-4H3,(H,44,49)/t34-,35-,40-/m0/s1. The number of nitrogens with one attached hydrogen (secondary N) is 1. The molecular formula is C40H56F2N6O3. The van der Waals surface area contributed by atoms with Crippen LogP contribution in [0.25, 0.3) is 0 Å². The molecule has 278 valence electrons. The summed E-state index contributed by atoms with van der Waals surface area (Å²) in [5.74, 6) is 0.265. The summed E-state index contributed by atoms with van der Waals surface area (Å²) in [5.41, 5.74) is 1.35. The van der Waals surface area contributed by atoms with Gasteiger partial charge in [-0.15, -0.1) is 0 Å². The van der Waals surface area contributed by atoms with Crippen molar-refractivity contribution in [3.8, 4) is 6.07 Å². The Labute approximate surface area is 302 Å². The molecule has 51 heavy (non-hydrogen) atoms. The Morgan fingerprint density at radius 1 is 1.08 bits per heavy atom. The molecular weight excluding hydrogens is 650 g/mol. The average Bonchev–Trinajstić information content (AvgIpc) is 3.55. The quantitative estimate of drug-likeness (QED) is 0.323. The van der Waals surface area contributed by atoms with Crippen molar-refractivity contribution in [3.63, 3.8) is 0 Å². The van der Waals surface area contributed by atoms with Crippen LogP contribution in [-0.2, 0) is 16.7 Å². The van der Waals surface area contributed by atoms with Crippen molar-refractivity contribution < 1.29 is 23.4 Å². The van der Waals surface area contributed by atoms with Crippen LogP contribution in [0.4, 0.5) is 19.3 Å². The third-order valence-electron chi connectivity index (χ3n) is 12.4. The number of hydrogen-bond donors (Lipinski definition) is 2. The van der Waals surface area contributed by atoms with Crippen LogP contribution in [0, 0.1) is 40.7 Å². The number of carbonyl (C=O) groups excluding carboxylic acids is 1. The monoisotopic (exact) mass is 706 g/mol. The highest BCUT2D eigenvalue weighted by molar-refractivity contribution is 5.67. The molecule has 3 aliphatic heterocycles. The zero-order valence-electron chi connectivity index (χ0n) is 30.8. The van der Waals surface area contributed by atoms with Crippen molar-refractivity contribution in [1.82, 2.24) is 20.0 Å². The highest BCUT2D eigenvalue weighted by Gasteiger charge is 2.53. The highest BCUT2D eigenvalue weighted by Crippen LogP contribution is 2.51. The molecule has 0 unspecified atom stereocenters. The summed E-state index contributed by atoms with van der Waals surface area (Å²) >= 11 is 0. The molecule has 0 aromatic heterocycles. The van der Waals surface area contributed by atoms with Gasteiger partial charge in [-0.3, -0.25) is 0 Å². The van der Waals surface area contributed by atoms with Gasteiger partial charge < -0.3 is 34.8 Å². The highest BCUT2D eigenvalue weighted by atomic mass is 19.1. The number of methoxy groups -OCH3 is 1. The Kier molecular flexibility index (Phi) is 11.6. The number of amides is 1. The number of anilines is 1. The van der Waals surface area contributed by atoms with Crippen LogP contribution in [0.15, 0.2) is 36.4 Å². The fourth-order valence-electron chi connectivity index (χ4n) is 9.70. The van der Waals surface area contributed by atoms with E-state index in [0.717, 1.165) is 90.0 Å². The lowest BCUT2D eigenvalue weighted by molar-refractivity contribution is -0.0259. The van der Waals surface area contributed by atoms with E-state index in [-0.39, 0.29) is 29.5 Å². The van der Waals surface area contributed by atoms with E-state index in [9.17, 15) is 15.2 Å². The van der Waals surface area contributed by atoms with Gasteiger partial charge in [0.15, 0.2) is 5.82 Å². The maximum atomic E-state index is 15.6. The molecule has 1 saturated carbocycles. The molecule has 6 rings (SSSR count). The van der Waals surface area contributed by atoms with Crippen LogP contribution in [0.3, 0.4) is 0 Å². The van der Waals surface area contributed by atoms with Gasteiger partial charge in [-0.1, -0.05) is 18.6 Å². The number of hydrogen-bond acceptors (Lipinski definition) is 8. The van der Waals surface area contributed by atoms with Crippen molar-refractivity contribution >= 4 is 11.8 Å². The molecule has 3 atom stereocenters. The zero-order valence-corrected chi connectivity index (χ0v) is 30.8. The second kappa shape index (κ2) is 15.7. The number of likely N-dealkylation sites (tertiary alicyclic amines) is 2. The van der Waals surface area contributed by atoms with Crippen LogP contribution in [-0.4, -0.2) is 111 Å². The van der Waals surface area contributed by atoms with Crippen molar-refractivity contribution in [2.24, 2.45) is 17.8 Å². The van der Waals surface area contributed by atoms with Gasteiger partial charge in [-0.05, 0) is 114 Å². The zero-order chi connectivity index (χ0) is 36.3. The van der Waals surface area contributed by atoms with Crippen molar-refractivity contribution in [3.05, 3.63) is 64.7 Å². The first-order valence-electron chi connectivity index (χ1n) is 18.8. The van der Waals surface area contributed by atoms with Gasteiger partial charge in [0, 0.05) is 68.8 Å². The minimum Gasteiger partial charge on any atom is -0.453 e. The molecule has 11 heteroatoms. The maximum Gasteiger partial charge on any atom is 0.407 e. The number of ether oxygens (including phenoxy) is 1. The molecule has 3 heterocycles. The lowest BCUT2D eigenvalue weighted by Gasteiger charge is -2.53. The Morgan fingerprint density at radius 3 is 2.45 bits per heavy atom. The van der Waals surface area contributed by atoms with Crippen LogP contribution >= 0.6 is 0 Å². The number of aliphatic hydroxyl groups is 1. The van der Waals surface area contributed by atoms with E-state index in [1.54, 1.807) is 18.2 Å². The van der Waals surface area contributed by atoms with Crippen LogP contribution in [0.2, 0.25) is 0 Å². The summed E-state index contributed by atoms with van der Waals surface area (Å²) in [6, 6.07) is 12.7. The number of benzene rings is 2. The molecule has 3 saturated heterocycles. The van der Waals surface area contributed by atoms with Gasteiger partial charge in [0.1, 0.15) is 5.82 Å². The number of piperidine rings is 2. The Bertz CT molecular complexity index is 1560. The number of nitrogens with zero attached hydrogens (tertiary/aromatic N) is 5. The first kappa shape index (κ1) is 37.5. The van der Waals surface area contributed by atoms with Crippen molar-refractivity contribution in [2.75, 3.05) is 78.5 Å². The summed E-state index contributed by atoms with van der Waals surface area (Å²) in [5, 5.41) is 23.5. The van der Waals surface area contributed by atoms with Crippen molar-refractivity contribution in [1.29, 1.82) is 5.26 Å². The number of alkyl carbamates (subject to hydrolysis) is 1. The van der Waals surface area contributed by atoms with Crippen LogP contribution in [0.5, 0.6) is 0 Å². The first-order chi connectivity index (χ1) is 24.4. The third-order valence-corrected chi connectivity index (χ3v) is 12.4. The van der Waals surface area contributed by atoms with Crippen molar-refractivity contribution in [2.45, 2.75) is 75.5 Å². The minimum atomic E-state index is -0.677. The van der Waals surface area contributed by atoms with E-state index in [1.165, 1.54) is 13.2 Å². The number of halogens is 2. The van der Waals surface area contributed by atoms with E-state index >= 15 is 8.78 Å². The molecule has 9 nitrogen and oxygen atoms in total. The number of rotatable bonds is 11. The summed E-state index contributed by atoms with van der Waals surface area (Å²) in [7, 11) is 5.16. The molecule has 2 aromatic carbocycles. The lowest BCUT2D eigenvalue weighted by Crippen LogP contribution is -2.59. The second-order valence-electron chi connectivity index (χ2n) is 16.2. The first-order valence-corrected chi connectivity index (χ1v) is 18.8. The summed E-state index contributed by atoms with van der Waals surface area (Å²) in [6.45, 7) is 8.94. The fraction of sp³-hybridized carbons (Fsp3) is 0.650. The average molecular weight is 707 g/mol. The Hall–Kier alpha value is -3.30. The molecule has 2 aromatic rings. The molecule has 1 amide bonds. The summed E-state index contributed by atoms with van der Waals surface area (Å²) in [4.78, 5) is 21.6. The van der Waals surface area contributed by atoms with Gasteiger partial charge in [-0.25, -0.2) is 13.6 Å². The smallest absolute Gasteiger partial charge is 0.407 e. The largest absolute Gasteiger partial charge is 0.453 e. The Morgan fingerprint density at radius 2 is 1.80 bits per heavy atom. The van der Waals surface area contributed by atoms with Gasteiger partial charge in [0.2, 0.25) is 0 Å². The lowest BCUT2D eigenvalue weighted by atomic mass is 9.58. The summed E-state index contributed by atoms with van der Waals surface area (Å²) in [6.07, 6.45) is 5.67. The molecule has 0 spiro atoms. The number of carbonyl (C=O) groups is 1. The maximum absolute atomic E-state index is 15.6. The van der Waals surface area contributed by atoms with Gasteiger partial charge in [0.05, 0.1) is 30.0 Å². The third kappa shape index (κ3) is 8.20. The predicted octanol–water partition coefficient (Wildman–Crippen LogP) is 5.36. The number of nitriles is 1. The fourth-order valence-corrected chi connectivity index (χ4v) is 9.70. The van der Waals surface area contributed by atoms with E-state index in [1.807, 2.05) is 32.0 Å². The molecule has 4 fully saturated rings. The molecule has 4 aliphatic rings. The van der Waals surface area contributed by atoms with E-state index in [0.29, 0.717) is 42.1 Å². The van der Waals surface area contributed by atoms with Gasteiger partial charge in [-0.2, -0.15) is 5.26 Å². The van der Waals surface area contributed by atoms with E-state index in [4.69, 9.17) is 4.74 Å². The van der Waals surface area contributed by atoms with E-state index in [2.05, 4.69) is 32.2 Å². The minimum absolute atomic E-state index is 0.0755. The van der Waals surface area contributed by atoms with E-state index < -0.39 is 17.1 Å². The van der Waals surface area contributed by atoms with Gasteiger partial charge >= 0.3 is 6.09 Å².